The molecular weight excluding hydrogens is 309 g/mol. The molecule has 0 N–H and O–H groups in total. The van der Waals surface area contributed by atoms with Crippen LogP contribution in [0.3, 0.4) is 0 Å². The van der Waals surface area contributed by atoms with E-state index in [4.69, 9.17) is 9.15 Å². The van der Waals surface area contributed by atoms with Gasteiger partial charge >= 0.3 is 0 Å². The minimum atomic E-state index is -0.264. The molecule has 6 heteroatoms. The second kappa shape index (κ2) is 7.42. The van der Waals surface area contributed by atoms with E-state index in [1.807, 2.05) is 0 Å². The molecule has 0 spiro atoms. The molecule has 1 aromatic heterocycles. The number of hydrogen-bond donors (Lipinski definition) is 0. The molecule has 0 saturated carbocycles. The predicted molar refractivity (Wildman–Crippen MR) is 90.1 cm³/mol. The van der Waals surface area contributed by atoms with Crippen LogP contribution in [-0.4, -0.2) is 61.2 Å². The lowest BCUT2D eigenvalue weighted by Gasteiger charge is -2.24. The quantitative estimate of drug-likeness (QED) is 0.813. The van der Waals surface area contributed by atoms with Crippen LogP contribution in [0.15, 0.2) is 34.9 Å². The lowest BCUT2D eigenvalue weighted by molar-refractivity contribution is 0.111. The number of ether oxygens (including phenoxy) is 1. The van der Waals surface area contributed by atoms with Gasteiger partial charge in [0, 0.05) is 38.3 Å². The molecule has 1 saturated heterocycles. The maximum absolute atomic E-state index is 13.0. The van der Waals surface area contributed by atoms with Crippen molar-refractivity contribution < 1.29 is 13.5 Å². The van der Waals surface area contributed by atoms with Crippen LogP contribution >= 0.6 is 0 Å². The molecule has 1 fully saturated rings. The van der Waals surface area contributed by atoms with Gasteiger partial charge < -0.3 is 9.15 Å². The van der Waals surface area contributed by atoms with Gasteiger partial charge in [0.25, 0.3) is 0 Å². The topological polar surface area (TPSA) is 41.7 Å². The Hall–Kier alpha value is -1.76. The molecule has 1 aliphatic rings. The van der Waals surface area contributed by atoms with Crippen LogP contribution in [0.2, 0.25) is 0 Å². The average molecular weight is 333 g/mol. The number of likely N-dealkylation sites (N-methyl/N-ethyl adjacent to an activating group) is 2. The lowest BCUT2D eigenvalue weighted by Crippen LogP contribution is -2.36. The third kappa shape index (κ3) is 4.01. The minimum absolute atomic E-state index is 0.264. The van der Waals surface area contributed by atoms with Crippen molar-refractivity contribution in [3.8, 4) is 11.5 Å². The molecular formula is C18H24FN3O2. The number of aromatic nitrogens is 1. The Bertz CT molecular complexity index is 659. The first-order chi connectivity index (χ1) is 11.5. The first kappa shape index (κ1) is 17.1. The predicted octanol–water partition coefficient (Wildman–Crippen LogP) is 2.63. The van der Waals surface area contributed by atoms with E-state index < -0.39 is 0 Å². The van der Waals surface area contributed by atoms with Gasteiger partial charge in [-0.15, -0.1) is 0 Å². The summed E-state index contributed by atoms with van der Waals surface area (Å²) in [6.45, 7) is 2.65. The number of methoxy groups -OCH3 is 1. The molecule has 0 amide bonds. The van der Waals surface area contributed by atoms with Crippen LogP contribution < -0.4 is 0 Å². The van der Waals surface area contributed by atoms with Gasteiger partial charge in [0.1, 0.15) is 12.1 Å². The summed E-state index contributed by atoms with van der Waals surface area (Å²) in [5.74, 6) is 0.260. The standard InChI is InChI=1S/C18H24FN3O2/c1-21(10-16-8-17(23-3)11-22(16)2)9-15-12-24-18(20-15)13-4-6-14(19)7-5-13/h4-7,12,16-17H,8-11H2,1-3H3/t16-,17-/m0/s1. The third-order valence-corrected chi connectivity index (χ3v) is 4.58. The van der Waals surface area contributed by atoms with Gasteiger partial charge in [-0.05, 0) is 44.8 Å². The van der Waals surface area contributed by atoms with E-state index in [-0.39, 0.29) is 5.82 Å². The van der Waals surface area contributed by atoms with Crippen molar-refractivity contribution in [2.24, 2.45) is 0 Å². The number of likely N-dealkylation sites (tertiary alicyclic amines) is 1. The van der Waals surface area contributed by atoms with Crippen LogP contribution in [0, 0.1) is 5.82 Å². The lowest BCUT2D eigenvalue weighted by atomic mass is 10.2. The zero-order valence-electron chi connectivity index (χ0n) is 14.4. The molecule has 0 aliphatic carbocycles. The van der Waals surface area contributed by atoms with Crippen LogP contribution in [-0.2, 0) is 11.3 Å². The maximum atomic E-state index is 13.0. The molecule has 0 bridgehead atoms. The Balaban J connectivity index is 1.57. The molecule has 0 radical (unpaired) electrons. The third-order valence-electron chi connectivity index (χ3n) is 4.58. The molecule has 24 heavy (non-hydrogen) atoms. The van der Waals surface area contributed by atoms with E-state index in [1.54, 1.807) is 25.5 Å². The normalized spacial score (nSPS) is 21.7. The minimum Gasteiger partial charge on any atom is -0.444 e. The monoisotopic (exact) mass is 333 g/mol. The summed E-state index contributed by atoms with van der Waals surface area (Å²) in [6, 6.07) is 6.66. The largest absolute Gasteiger partial charge is 0.444 e. The maximum Gasteiger partial charge on any atom is 0.226 e. The summed E-state index contributed by atoms with van der Waals surface area (Å²) in [5, 5.41) is 0. The van der Waals surface area contributed by atoms with Crippen molar-refractivity contribution in [2.45, 2.75) is 25.1 Å². The highest BCUT2D eigenvalue weighted by Gasteiger charge is 2.30. The highest BCUT2D eigenvalue weighted by molar-refractivity contribution is 5.52. The van der Waals surface area contributed by atoms with Crippen LogP contribution in [0.5, 0.6) is 0 Å². The Morgan fingerprint density at radius 1 is 1.38 bits per heavy atom. The summed E-state index contributed by atoms with van der Waals surface area (Å²) in [5.41, 5.74) is 1.66. The zero-order chi connectivity index (χ0) is 17.1. The summed E-state index contributed by atoms with van der Waals surface area (Å²) in [7, 11) is 6.00. The molecule has 2 aromatic rings. The average Bonchev–Trinajstić information content (AvgIpc) is 3.15. The smallest absolute Gasteiger partial charge is 0.226 e. The number of benzene rings is 1. The van der Waals surface area contributed by atoms with E-state index in [0.29, 0.717) is 24.6 Å². The van der Waals surface area contributed by atoms with E-state index in [9.17, 15) is 4.39 Å². The van der Waals surface area contributed by atoms with Crippen molar-refractivity contribution in [1.29, 1.82) is 0 Å². The van der Waals surface area contributed by atoms with Gasteiger partial charge in [0.15, 0.2) is 0 Å². The Morgan fingerprint density at radius 3 is 2.79 bits per heavy atom. The van der Waals surface area contributed by atoms with E-state index in [1.165, 1.54) is 12.1 Å². The number of halogens is 1. The zero-order valence-corrected chi connectivity index (χ0v) is 14.4. The van der Waals surface area contributed by atoms with Gasteiger partial charge in [-0.3, -0.25) is 9.80 Å². The van der Waals surface area contributed by atoms with E-state index in [2.05, 4.69) is 28.9 Å². The van der Waals surface area contributed by atoms with Crippen LogP contribution in [0.1, 0.15) is 12.1 Å². The molecule has 130 valence electrons. The second-order valence-corrected chi connectivity index (χ2v) is 6.53. The van der Waals surface area contributed by atoms with Crippen molar-refractivity contribution in [1.82, 2.24) is 14.8 Å². The van der Waals surface area contributed by atoms with Gasteiger partial charge in [-0.2, -0.15) is 0 Å². The first-order valence-electron chi connectivity index (χ1n) is 8.17. The van der Waals surface area contributed by atoms with Crippen molar-refractivity contribution in [2.75, 3.05) is 34.3 Å². The number of rotatable bonds is 6. The van der Waals surface area contributed by atoms with Gasteiger partial charge in [0.05, 0.1) is 11.8 Å². The summed E-state index contributed by atoms with van der Waals surface area (Å²) in [4.78, 5) is 9.09. The summed E-state index contributed by atoms with van der Waals surface area (Å²) >= 11 is 0. The Kier molecular flexibility index (Phi) is 5.28. The van der Waals surface area contributed by atoms with Crippen molar-refractivity contribution in [3.63, 3.8) is 0 Å². The fraction of sp³-hybridized carbons (Fsp3) is 0.500. The highest BCUT2D eigenvalue weighted by atomic mass is 19.1. The molecule has 1 aliphatic heterocycles. The SMILES string of the molecule is CO[C@H]1C[C@@H](CN(C)Cc2coc(-c3ccc(F)cc3)n2)N(C)C1. The molecule has 2 atom stereocenters. The summed E-state index contributed by atoms with van der Waals surface area (Å²) in [6.07, 6.45) is 3.05. The van der Waals surface area contributed by atoms with E-state index in [0.717, 1.165) is 30.8 Å². The second-order valence-electron chi connectivity index (χ2n) is 6.53. The van der Waals surface area contributed by atoms with Gasteiger partial charge in [-0.1, -0.05) is 0 Å². The number of nitrogens with zero attached hydrogens (tertiary/aromatic N) is 3. The first-order valence-corrected chi connectivity index (χ1v) is 8.17. The Morgan fingerprint density at radius 2 is 2.12 bits per heavy atom. The van der Waals surface area contributed by atoms with Crippen molar-refractivity contribution in [3.05, 3.63) is 42.0 Å². The van der Waals surface area contributed by atoms with E-state index >= 15 is 0 Å². The van der Waals surface area contributed by atoms with Gasteiger partial charge in [-0.25, -0.2) is 9.37 Å². The Labute approximate surface area is 142 Å². The van der Waals surface area contributed by atoms with Crippen molar-refractivity contribution >= 4 is 0 Å². The number of oxazole rings is 1. The molecule has 5 nitrogen and oxygen atoms in total. The molecule has 3 rings (SSSR count). The summed E-state index contributed by atoms with van der Waals surface area (Å²) < 4.78 is 24.0. The van der Waals surface area contributed by atoms with Crippen LogP contribution in [0.4, 0.5) is 4.39 Å². The molecule has 1 aromatic carbocycles. The fourth-order valence-electron chi connectivity index (χ4n) is 3.22. The van der Waals surface area contributed by atoms with Gasteiger partial charge in [0.2, 0.25) is 5.89 Å². The molecule has 0 unspecified atom stereocenters. The molecule has 2 heterocycles. The highest BCUT2D eigenvalue weighted by Crippen LogP contribution is 2.21. The van der Waals surface area contributed by atoms with Crippen LogP contribution in [0.25, 0.3) is 11.5 Å². The number of hydrogen-bond acceptors (Lipinski definition) is 5. The fourth-order valence-corrected chi connectivity index (χ4v) is 3.22.